The quantitative estimate of drug-likeness (QED) is 0.673. The molecular weight excluding hydrogens is 338 g/mol. The molecule has 3 rings (SSSR count). The normalized spacial score (nSPS) is 10.8. The maximum atomic E-state index is 13.8. The Hall–Kier alpha value is -3.22. The van der Waals surface area contributed by atoms with Crippen LogP contribution in [0, 0.1) is 11.6 Å². The second-order valence-electron chi connectivity index (χ2n) is 6.02. The van der Waals surface area contributed by atoms with Crippen molar-refractivity contribution in [2.45, 2.75) is 19.8 Å². The first-order chi connectivity index (χ1) is 12.4. The first-order valence-corrected chi connectivity index (χ1v) is 8.04. The molecule has 0 amide bonds. The van der Waals surface area contributed by atoms with Gasteiger partial charge in [-0.15, -0.1) is 0 Å². The molecule has 26 heavy (non-hydrogen) atoms. The predicted molar refractivity (Wildman–Crippen MR) is 96.7 cm³/mol. The molecule has 3 N–H and O–H groups in total. The van der Waals surface area contributed by atoms with Gasteiger partial charge < -0.3 is 15.8 Å². The number of aromatic nitrogens is 2. The third-order valence-corrected chi connectivity index (χ3v) is 3.79. The van der Waals surface area contributed by atoms with Crippen LogP contribution in [-0.4, -0.2) is 9.97 Å². The van der Waals surface area contributed by atoms with E-state index < -0.39 is 11.6 Å². The van der Waals surface area contributed by atoms with Gasteiger partial charge in [-0.2, -0.15) is 4.98 Å². The molecule has 0 fully saturated rings. The van der Waals surface area contributed by atoms with Crippen molar-refractivity contribution in [3.63, 3.8) is 0 Å². The van der Waals surface area contributed by atoms with Crippen molar-refractivity contribution in [3.05, 3.63) is 66.0 Å². The van der Waals surface area contributed by atoms with Crippen molar-refractivity contribution >= 4 is 17.2 Å². The molecule has 0 saturated heterocycles. The summed E-state index contributed by atoms with van der Waals surface area (Å²) in [5, 5.41) is 2.66. The van der Waals surface area contributed by atoms with Crippen LogP contribution in [0.1, 0.15) is 25.3 Å². The van der Waals surface area contributed by atoms with Gasteiger partial charge in [-0.3, -0.25) is 0 Å². The zero-order valence-electron chi connectivity index (χ0n) is 14.3. The van der Waals surface area contributed by atoms with Crippen molar-refractivity contribution in [1.82, 2.24) is 9.97 Å². The highest BCUT2D eigenvalue weighted by Gasteiger charge is 2.13. The van der Waals surface area contributed by atoms with Crippen molar-refractivity contribution < 1.29 is 13.5 Å². The zero-order chi connectivity index (χ0) is 18.7. The highest BCUT2D eigenvalue weighted by Crippen LogP contribution is 2.32. The maximum Gasteiger partial charge on any atom is 0.248 e. The second kappa shape index (κ2) is 7.35. The van der Waals surface area contributed by atoms with E-state index in [1.165, 1.54) is 11.9 Å². The molecule has 0 atom stereocenters. The number of nitrogen functional groups attached to an aromatic ring is 1. The second-order valence-corrected chi connectivity index (χ2v) is 6.02. The van der Waals surface area contributed by atoms with Gasteiger partial charge in [-0.05, 0) is 35.7 Å². The summed E-state index contributed by atoms with van der Waals surface area (Å²) in [6.45, 7) is 4.20. The Balaban J connectivity index is 1.84. The Bertz CT molecular complexity index is 914. The Morgan fingerprint density at radius 2 is 1.77 bits per heavy atom. The summed E-state index contributed by atoms with van der Waals surface area (Å²) in [5.74, 6) is 0.00197. The number of anilines is 3. The number of benzene rings is 2. The lowest BCUT2D eigenvalue weighted by atomic mass is 10.0. The van der Waals surface area contributed by atoms with E-state index in [0.29, 0.717) is 11.7 Å². The fraction of sp³-hybridized carbons (Fsp3) is 0.158. The number of nitrogens with zero attached hydrogens (tertiary/aromatic N) is 2. The molecule has 0 aliphatic rings. The molecule has 0 aliphatic heterocycles. The highest BCUT2D eigenvalue weighted by atomic mass is 19.1. The zero-order valence-corrected chi connectivity index (χ0v) is 14.3. The SMILES string of the molecule is CC(C)c1ccc(Oc2ncnc(Nc3cc(F)ccc3F)c2N)cc1. The summed E-state index contributed by atoms with van der Waals surface area (Å²) < 4.78 is 32.8. The van der Waals surface area contributed by atoms with Crippen LogP contribution < -0.4 is 15.8 Å². The van der Waals surface area contributed by atoms with Crippen LogP contribution in [0.15, 0.2) is 48.8 Å². The van der Waals surface area contributed by atoms with Gasteiger partial charge in [0.15, 0.2) is 5.82 Å². The summed E-state index contributed by atoms with van der Waals surface area (Å²) in [6.07, 6.45) is 1.23. The summed E-state index contributed by atoms with van der Waals surface area (Å²) in [4.78, 5) is 7.97. The van der Waals surface area contributed by atoms with Crippen molar-refractivity contribution in [2.24, 2.45) is 0 Å². The Morgan fingerprint density at radius 3 is 2.46 bits per heavy atom. The van der Waals surface area contributed by atoms with Crippen LogP contribution in [0.2, 0.25) is 0 Å². The van der Waals surface area contributed by atoms with E-state index in [-0.39, 0.29) is 23.1 Å². The minimum atomic E-state index is -0.629. The van der Waals surface area contributed by atoms with E-state index in [4.69, 9.17) is 10.5 Å². The molecule has 0 bridgehead atoms. The predicted octanol–water partition coefficient (Wildman–Crippen LogP) is 5.00. The van der Waals surface area contributed by atoms with Gasteiger partial charge in [0.1, 0.15) is 29.4 Å². The van der Waals surface area contributed by atoms with Crippen LogP contribution in [0.25, 0.3) is 0 Å². The molecule has 2 aromatic carbocycles. The van der Waals surface area contributed by atoms with Crippen molar-refractivity contribution in [2.75, 3.05) is 11.1 Å². The van der Waals surface area contributed by atoms with E-state index in [0.717, 1.165) is 18.2 Å². The average Bonchev–Trinajstić information content (AvgIpc) is 2.62. The molecule has 5 nitrogen and oxygen atoms in total. The number of hydrogen-bond acceptors (Lipinski definition) is 5. The molecular formula is C19H18F2N4O. The van der Waals surface area contributed by atoms with Gasteiger partial charge in [-0.1, -0.05) is 26.0 Å². The Morgan fingerprint density at radius 1 is 1.04 bits per heavy atom. The van der Waals surface area contributed by atoms with Crippen LogP contribution in [0.3, 0.4) is 0 Å². The Labute approximate surface area is 149 Å². The summed E-state index contributed by atoms with van der Waals surface area (Å²) >= 11 is 0. The molecule has 0 saturated carbocycles. The van der Waals surface area contributed by atoms with Crippen LogP contribution in [-0.2, 0) is 0 Å². The standard InChI is InChI=1S/C19H18F2N4O/c1-11(2)12-3-6-14(7-4-12)26-19-17(22)18(23-10-24-19)25-16-9-13(20)5-8-15(16)21/h3-11H,22H2,1-2H3,(H,23,24,25). The smallest absolute Gasteiger partial charge is 0.248 e. The molecule has 134 valence electrons. The topological polar surface area (TPSA) is 73.1 Å². The molecule has 1 aromatic heterocycles. The van der Waals surface area contributed by atoms with Crippen molar-refractivity contribution in [1.29, 1.82) is 0 Å². The van der Waals surface area contributed by atoms with Gasteiger partial charge in [0.05, 0.1) is 5.69 Å². The van der Waals surface area contributed by atoms with Crippen LogP contribution in [0.5, 0.6) is 11.6 Å². The van der Waals surface area contributed by atoms with Gasteiger partial charge in [0.2, 0.25) is 5.88 Å². The molecule has 1 heterocycles. The summed E-state index contributed by atoms with van der Waals surface area (Å²) in [6, 6.07) is 10.6. The van der Waals surface area contributed by atoms with E-state index in [1.807, 2.05) is 24.3 Å². The molecule has 7 heteroatoms. The maximum absolute atomic E-state index is 13.8. The molecule has 0 spiro atoms. The van der Waals surface area contributed by atoms with Crippen LogP contribution >= 0.6 is 0 Å². The number of nitrogens with two attached hydrogens (primary N) is 1. The molecule has 0 unspecified atom stereocenters. The minimum Gasteiger partial charge on any atom is -0.437 e. The monoisotopic (exact) mass is 356 g/mol. The number of rotatable bonds is 5. The van der Waals surface area contributed by atoms with Gasteiger partial charge in [0.25, 0.3) is 0 Å². The third kappa shape index (κ3) is 3.88. The van der Waals surface area contributed by atoms with E-state index >= 15 is 0 Å². The minimum absolute atomic E-state index is 0.0809. The Kier molecular flexibility index (Phi) is 4.97. The lowest BCUT2D eigenvalue weighted by Crippen LogP contribution is -2.04. The molecule has 3 aromatic rings. The van der Waals surface area contributed by atoms with Crippen molar-refractivity contribution in [3.8, 4) is 11.6 Å². The summed E-state index contributed by atoms with van der Waals surface area (Å²) in [5.41, 5.74) is 7.20. The number of nitrogens with one attached hydrogen (secondary N) is 1. The first kappa shape index (κ1) is 17.6. The number of ether oxygens (including phenoxy) is 1. The fourth-order valence-corrected chi connectivity index (χ4v) is 2.31. The van der Waals surface area contributed by atoms with E-state index in [9.17, 15) is 8.78 Å². The van der Waals surface area contributed by atoms with E-state index in [2.05, 4.69) is 29.1 Å². The van der Waals surface area contributed by atoms with Gasteiger partial charge in [0, 0.05) is 6.07 Å². The fourth-order valence-electron chi connectivity index (χ4n) is 2.31. The van der Waals surface area contributed by atoms with Gasteiger partial charge in [-0.25, -0.2) is 13.8 Å². The van der Waals surface area contributed by atoms with Crippen LogP contribution in [0.4, 0.5) is 26.0 Å². The van der Waals surface area contributed by atoms with E-state index in [1.54, 1.807) is 0 Å². The molecule has 0 radical (unpaired) electrons. The largest absolute Gasteiger partial charge is 0.437 e. The third-order valence-electron chi connectivity index (χ3n) is 3.79. The summed E-state index contributed by atoms with van der Waals surface area (Å²) in [7, 11) is 0. The number of hydrogen-bond donors (Lipinski definition) is 2. The van der Waals surface area contributed by atoms with Gasteiger partial charge >= 0.3 is 0 Å². The average molecular weight is 356 g/mol. The lowest BCUT2D eigenvalue weighted by molar-refractivity contribution is 0.464. The number of halogens is 2. The lowest BCUT2D eigenvalue weighted by Gasteiger charge is -2.13. The highest BCUT2D eigenvalue weighted by molar-refractivity contribution is 5.72. The molecule has 0 aliphatic carbocycles. The first-order valence-electron chi connectivity index (χ1n) is 8.04.